The Bertz CT molecular complexity index is 693. The van der Waals surface area contributed by atoms with E-state index in [9.17, 15) is 9.90 Å². The third-order valence-corrected chi connectivity index (χ3v) is 3.05. The van der Waals surface area contributed by atoms with Crippen LogP contribution in [0.4, 0.5) is 11.5 Å². The number of aryl methyl sites for hydroxylation is 1. The second-order valence-electron chi connectivity index (χ2n) is 4.94. The predicted octanol–water partition coefficient (Wildman–Crippen LogP) is 2.94. The second kappa shape index (κ2) is 7.51. The van der Waals surface area contributed by atoms with Gasteiger partial charge in [-0.05, 0) is 41.9 Å². The lowest BCUT2D eigenvalue weighted by atomic mass is 10.1. The molecule has 0 aliphatic rings. The summed E-state index contributed by atoms with van der Waals surface area (Å²) in [7, 11) is 1.67. The maximum atomic E-state index is 12.0. The molecule has 0 fully saturated rings. The van der Waals surface area contributed by atoms with Crippen molar-refractivity contribution in [3.8, 4) is 0 Å². The van der Waals surface area contributed by atoms with E-state index in [0.717, 1.165) is 4.47 Å². The Hall–Kier alpha value is -1.73. The molecule has 2 heterocycles. The van der Waals surface area contributed by atoms with Crippen LogP contribution >= 0.6 is 15.9 Å². The molecule has 7 heteroatoms. The Morgan fingerprint density at radius 1 is 1.36 bits per heavy atom. The monoisotopic (exact) mass is 368 g/mol. The van der Waals surface area contributed by atoms with E-state index in [-0.39, 0.29) is 11.4 Å². The van der Waals surface area contributed by atoms with Crippen LogP contribution in [-0.2, 0) is 12.6 Å². The SMILES string of the molecule is CC.Cn1cc(Br)cc(Nc2ccnc(C(C)(C)O)n2)c1=O. The minimum absolute atomic E-state index is 0.170. The number of halogens is 1. The van der Waals surface area contributed by atoms with E-state index in [2.05, 4.69) is 31.2 Å². The van der Waals surface area contributed by atoms with Crippen molar-refractivity contribution in [1.82, 2.24) is 14.5 Å². The number of aromatic nitrogens is 3. The highest BCUT2D eigenvalue weighted by Gasteiger charge is 2.19. The second-order valence-corrected chi connectivity index (χ2v) is 5.85. The molecular formula is C15H21BrN4O2. The number of nitrogens with zero attached hydrogens (tertiary/aromatic N) is 3. The van der Waals surface area contributed by atoms with Crippen molar-refractivity contribution in [2.24, 2.45) is 7.05 Å². The summed E-state index contributed by atoms with van der Waals surface area (Å²) in [5, 5.41) is 12.8. The molecule has 2 aromatic rings. The lowest BCUT2D eigenvalue weighted by Gasteiger charge is -2.16. The summed E-state index contributed by atoms with van der Waals surface area (Å²) in [6, 6.07) is 3.31. The Balaban J connectivity index is 0.00000116. The van der Waals surface area contributed by atoms with Crippen molar-refractivity contribution in [1.29, 1.82) is 0 Å². The first kappa shape index (κ1) is 18.3. The van der Waals surface area contributed by atoms with Crippen LogP contribution < -0.4 is 10.9 Å². The number of anilines is 2. The average Bonchev–Trinajstić information content (AvgIpc) is 2.46. The van der Waals surface area contributed by atoms with Gasteiger partial charge in [0, 0.05) is 23.9 Å². The maximum absolute atomic E-state index is 12.0. The van der Waals surface area contributed by atoms with Crippen molar-refractivity contribution >= 4 is 27.4 Å². The van der Waals surface area contributed by atoms with E-state index in [1.54, 1.807) is 39.2 Å². The molecule has 0 atom stereocenters. The number of hydrogen-bond acceptors (Lipinski definition) is 5. The summed E-state index contributed by atoms with van der Waals surface area (Å²) >= 11 is 3.33. The van der Waals surface area contributed by atoms with E-state index in [1.165, 1.54) is 10.8 Å². The fourth-order valence-corrected chi connectivity index (χ4v) is 2.16. The highest BCUT2D eigenvalue weighted by Crippen LogP contribution is 2.19. The molecule has 0 aliphatic heterocycles. The normalized spacial score (nSPS) is 10.7. The van der Waals surface area contributed by atoms with Crippen molar-refractivity contribution in [3.63, 3.8) is 0 Å². The largest absolute Gasteiger partial charge is 0.382 e. The summed E-state index contributed by atoms with van der Waals surface area (Å²) in [6.45, 7) is 7.20. The first-order chi connectivity index (χ1) is 10.3. The fourth-order valence-electron chi connectivity index (χ4n) is 1.62. The van der Waals surface area contributed by atoms with E-state index < -0.39 is 5.60 Å². The van der Waals surface area contributed by atoms with Gasteiger partial charge in [-0.1, -0.05) is 13.8 Å². The summed E-state index contributed by atoms with van der Waals surface area (Å²) in [6.07, 6.45) is 3.21. The van der Waals surface area contributed by atoms with Gasteiger partial charge in [0.25, 0.3) is 5.56 Å². The predicted molar refractivity (Wildman–Crippen MR) is 91.3 cm³/mol. The van der Waals surface area contributed by atoms with Crippen LogP contribution in [-0.4, -0.2) is 19.6 Å². The average molecular weight is 369 g/mol. The van der Waals surface area contributed by atoms with Gasteiger partial charge in [-0.15, -0.1) is 0 Å². The Morgan fingerprint density at radius 3 is 2.59 bits per heavy atom. The van der Waals surface area contributed by atoms with Gasteiger partial charge < -0.3 is 15.0 Å². The number of aliphatic hydroxyl groups is 1. The van der Waals surface area contributed by atoms with Gasteiger partial charge in [0.15, 0.2) is 5.82 Å². The highest BCUT2D eigenvalue weighted by atomic mass is 79.9. The summed E-state index contributed by atoms with van der Waals surface area (Å²) < 4.78 is 2.24. The van der Waals surface area contributed by atoms with Crippen molar-refractivity contribution in [2.45, 2.75) is 33.3 Å². The van der Waals surface area contributed by atoms with Crippen LogP contribution in [0.1, 0.15) is 33.5 Å². The number of pyridine rings is 1. The third kappa shape index (κ3) is 4.64. The van der Waals surface area contributed by atoms with Crippen molar-refractivity contribution in [3.05, 3.63) is 45.2 Å². The van der Waals surface area contributed by atoms with Gasteiger partial charge in [-0.2, -0.15) is 0 Å². The number of hydrogen-bond donors (Lipinski definition) is 2. The lowest BCUT2D eigenvalue weighted by molar-refractivity contribution is 0.0688. The Kier molecular flexibility index (Phi) is 6.25. The van der Waals surface area contributed by atoms with E-state index in [4.69, 9.17) is 0 Å². The van der Waals surface area contributed by atoms with E-state index >= 15 is 0 Å². The van der Waals surface area contributed by atoms with Crippen molar-refractivity contribution in [2.75, 3.05) is 5.32 Å². The zero-order chi connectivity index (χ0) is 16.9. The maximum Gasteiger partial charge on any atom is 0.274 e. The third-order valence-electron chi connectivity index (χ3n) is 2.62. The minimum atomic E-state index is -1.14. The van der Waals surface area contributed by atoms with Gasteiger partial charge >= 0.3 is 0 Å². The van der Waals surface area contributed by atoms with Crippen LogP contribution in [0.3, 0.4) is 0 Å². The van der Waals surface area contributed by atoms with Gasteiger partial charge in [0.2, 0.25) is 0 Å². The first-order valence-corrected chi connectivity index (χ1v) is 7.76. The van der Waals surface area contributed by atoms with Gasteiger partial charge in [-0.25, -0.2) is 9.97 Å². The molecule has 0 aromatic carbocycles. The molecule has 0 aliphatic carbocycles. The highest BCUT2D eigenvalue weighted by molar-refractivity contribution is 9.10. The molecule has 0 amide bonds. The quantitative estimate of drug-likeness (QED) is 0.870. The molecule has 0 saturated carbocycles. The molecular weight excluding hydrogens is 348 g/mol. The number of nitrogens with one attached hydrogen (secondary N) is 1. The molecule has 6 nitrogen and oxygen atoms in total. The van der Waals surface area contributed by atoms with Gasteiger partial charge in [0.05, 0.1) is 0 Å². The molecule has 0 bridgehead atoms. The molecule has 120 valence electrons. The Labute approximate surface area is 138 Å². The molecule has 2 aromatic heterocycles. The molecule has 0 saturated heterocycles. The van der Waals surface area contributed by atoms with E-state index in [1.807, 2.05) is 13.8 Å². The Morgan fingerprint density at radius 2 is 2.00 bits per heavy atom. The standard InChI is InChI=1S/C13H15BrN4O2.C2H6/c1-13(2,20)12-15-5-4-10(17-12)16-9-6-8(14)7-18(3)11(9)19;1-2/h4-7,20H,1-3H3,(H,15,16,17);1-2H3. The van der Waals surface area contributed by atoms with Crippen LogP contribution in [0.15, 0.2) is 33.8 Å². The molecule has 0 radical (unpaired) electrons. The van der Waals surface area contributed by atoms with Gasteiger partial charge in [0.1, 0.15) is 17.1 Å². The van der Waals surface area contributed by atoms with Crippen LogP contribution in [0, 0.1) is 0 Å². The smallest absolute Gasteiger partial charge is 0.274 e. The lowest BCUT2D eigenvalue weighted by Crippen LogP contribution is -2.22. The molecule has 0 spiro atoms. The van der Waals surface area contributed by atoms with Crippen LogP contribution in [0.5, 0.6) is 0 Å². The molecule has 22 heavy (non-hydrogen) atoms. The topological polar surface area (TPSA) is 80.0 Å². The van der Waals surface area contributed by atoms with Gasteiger partial charge in [-0.3, -0.25) is 4.79 Å². The zero-order valence-electron chi connectivity index (χ0n) is 13.4. The zero-order valence-corrected chi connectivity index (χ0v) is 15.0. The minimum Gasteiger partial charge on any atom is -0.382 e. The van der Waals surface area contributed by atoms with E-state index in [0.29, 0.717) is 11.5 Å². The summed E-state index contributed by atoms with van der Waals surface area (Å²) in [5.74, 6) is 0.738. The first-order valence-electron chi connectivity index (χ1n) is 6.96. The van der Waals surface area contributed by atoms with Crippen molar-refractivity contribution < 1.29 is 5.11 Å². The fraction of sp³-hybridized carbons (Fsp3) is 0.400. The summed E-state index contributed by atoms with van der Waals surface area (Å²) in [5.41, 5.74) is -0.918. The molecule has 2 rings (SSSR count). The number of rotatable bonds is 3. The summed E-state index contributed by atoms with van der Waals surface area (Å²) in [4.78, 5) is 20.2. The van der Waals surface area contributed by atoms with Crippen LogP contribution in [0.2, 0.25) is 0 Å². The molecule has 0 unspecified atom stereocenters. The molecule has 2 N–H and O–H groups in total. The van der Waals surface area contributed by atoms with Crippen LogP contribution in [0.25, 0.3) is 0 Å².